The number of hydrogen-bond acceptors (Lipinski definition) is 3. The van der Waals surface area contributed by atoms with Crippen LogP contribution in [-0.2, 0) is 0 Å². The second kappa shape index (κ2) is 5.57. The molecule has 21 heavy (non-hydrogen) atoms. The van der Waals surface area contributed by atoms with Crippen LogP contribution >= 0.6 is 34.2 Å². The molecule has 0 aliphatic carbocycles. The molecule has 106 valence electrons. The van der Waals surface area contributed by atoms with Crippen LogP contribution in [0.15, 0.2) is 47.5 Å². The third kappa shape index (κ3) is 2.58. The van der Waals surface area contributed by atoms with E-state index >= 15 is 0 Å². The van der Waals surface area contributed by atoms with Crippen LogP contribution < -0.4 is 5.56 Å². The lowest BCUT2D eigenvalue weighted by atomic mass is 10.3. The fraction of sp³-hybridized carbons (Fsp3) is 0. The largest absolute Gasteiger partial charge is 0.301 e. The van der Waals surface area contributed by atoms with Crippen molar-refractivity contribution in [2.45, 2.75) is 0 Å². The molecular weight excluding hydrogens is 410 g/mol. The van der Waals surface area contributed by atoms with E-state index < -0.39 is 11.4 Å². The standard InChI is InChI=1S/C13H7ClFIN4O/c14-10-11(16)20(9-4-1-3-8(15)7-9)13(21)12(18-10)19-6-2-5-17-19/h1-7H. The molecule has 0 spiro atoms. The smallest absolute Gasteiger partial charge is 0.266 e. The van der Waals surface area contributed by atoms with Gasteiger partial charge in [0.2, 0.25) is 5.82 Å². The summed E-state index contributed by atoms with van der Waals surface area (Å²) in [5, 5.41) is 4.12. The van der Waals surface area contributed by atoms with Crippen molar-refractivity contribution in [2.75, 3.05) is 0 Å². The van der Waals surface area contributed by atoms with Crippen LogP contribution in [0.2, 0.25) is 5.15 Å². The van der Waals surface area contributed by atoms with Crippen LogP contribution in [0.5, 0.6) is 0 Å². The van der Waals surface area contributed by atoms with Gasteiger partial charge in [-0.1, -0.05) is 17.7 Å². The molecule has 1 aromatic carbocycles. The number of aromatic nitrogens is 4. The summed E-state index contributed by atoms with van der Waals surface area (Å²) in [5.41, 5.74) is -0.0554. The van der Waals surface area contributed by atoms with Gasteiger partial charge in [-0.15, -0.1) is 0 Å². The molecule has 0 radical (unpaired) electrons. The maximum atomic E-state index is 13.4. The first-order chi connectivity index (χ1) is 10.1. The summed E-state index contributed by atoms with van der Waals surface area (Å²) in [7, 11) is 0. The quantitative estimate of drug-likeness (QED) is 0.604. The number of nitrogens with zero attached hydrogens (tertiary/aromatic N) is 4. The van der Waals surface area contributed by atoms with Gasteiger partial charge in [0.05, 0.1) is 5.69 Å². The first kappa shape index (κ1) is 14.2. The summed E-state index contributed by atoms with van der Waals surface area (Å²) < 4.78 is 16.4. The van der Waals surface area contributed by atoms with E-state index in [1.807, 2.05) is 22.6 Å². The maximum absolute atomic E-state index is 13.4. The zero-order valence-electron chi connectivity index (χ0n) is 10.4. The topological polar surface area (TPSA) is 52.7 Å². The molecule has 0 aliphatic heterocycles. The average Bonchev–Trinajstić information content (AvgIpc) is 2.97. The molecule has 3 rings (SSSR count). The van der Waals surface area contributed by atoms with Gasteiger partial charge >= 0.3 is 5.56 Å². The molecule has 0 bridgehead atoms. The van der Waals surface area contributed by atoms with Crippen molar-refractivity contribution >= 4 is 34.2 Å². The Hall–Kier alpha value is -1.74. The normalized spacial score (nSPS) is 10.8. The molecule has 5 nitrogen and oxygen atoms in total. The van der Waals surface area contributed by atoms with E-state index in [9.17, 15) is 9.18 Å². The van der Waals surface area contributed by atoms with Crippen LogP contribution in [0.4, 0.5) is 4.39 Å². The highest BCUT2D eigenvalue weighted by Crippen LogP contribution is 2.19. The minimum atomic E-state index is -0.441. The lowest BCUT2D eigenvalue weighted by molar-refractivity contribution is 0.626. The number of benzene rings is 1. The average molecular weight is 417 g/mol. The van der Waals surface area contributed by atoms with Crippen molar-refractivity contribution in [3.63, 3.8) is 0 Å². The van der Waals surface area contributed by atoms with Crippen molar-refractivity contribution in [1.82, 2.24) is 19.3 Å². The van der Waals surface area contributed by atoms with E-state index in [1.165, 1.54) is 33.6 Å². The van der Waals surface area contributed by atoms with Crippen molar-refractivity contribution in [3.05, 3.63) is 67.8 Å². The summed E-state index contributed by atoms with van der Waals surface area (Å²) in [5.74, 6) is -0.390. The molecule has 0 N–H and O–H groups in total. The number of hydrogen-bond donors (Lipinski definition) is 0. The fourth-order valence-corrected chi connectivity index (χ4v) is 2.64. The van der Waals surface area contributed by atoms with Crippen molar-refractivity contribution < 1.29 is 4.39 Å². The van der Waals surface area contributed by atoms with Crippen LogP contribution in [0.3, 0.4) is 0 Å². The molecule has 2 heterocycles. The zero-order chi connectivity index (χ0) is 15.0. The first-order valence-electron chi connectivity index (χ1n) is 5.82. The SMILES string of the molecule is O=c1c(-n2cccn2)nc(Cl)c(I)n1-c1cccc(F)c1. The van der Waals surface area contributed by atoms with Crippen LogP contribution in [-0.4, -0.2) is 19.3 Å². The van der Waals surface area contributed by atoms with Crippen molar-refractivity contribution in [1.29, 1.82) is 0 Å². The summed E-state index contributed by atoms with van der Waals surface area (Å²) >= 11 is 7.98. The van der Waals surface area contributed by atoms with Gasteiger partial charge in [0.1, 0.15) is 9.52 Å². The van der Waals surface area contributed by atoms with Crippen LogP contribution in [0.25, 0.3) is 11.5 Å². The van der Waals surface area contributed by atoms with Gasteiger partial charge in [-0.05, 0) is 46.9 Å². The highest BCUT2D eigenvalue weighted by Gasteiger charge is 2.16. The number of halogens is 3. The highest BCUT2D eigenvalue weighted by molar-refractivity contribution is 14.1. The summed E-state index contributed by atoms with van der Waals surface area (Å²) in [4.78, 5) is 16.7. The Labute approximate surface area is 137 Å². The molecule has 0 fully saturated rings. The first-order valence-corrected chi connectivity index (χ1v) is 7.27. The fourth-order valence-electron chi connectivity index (χ4n) is 1.86. The maximum Gasteiger partial charge on any atom is 0.301 e. The van der Waals surface area contributed by atoms with E-state index in [0.29, 0.717) is 9.39 Å². The van der Waals surface area contributed by atoms with Crippen molar-refractivity contribution in [3.8, 4) is 11.5 Å². The molecule has 8 heteroatoms. The van der Waals surface area contributed by atoms with E-state index in [1.54, 1.807) is 18.3 Å². The molecule has 3 aromatic rings. The van der Waals surface area contributed by atoms with Crippen molar-refractivity contribution in [2.24, 2.45) is 0 Å². The molecule has 0 unspecified atom stereocenters. The lowest BCUT2D eigenvalue weighted by Crippen LogP contribution is -2.27. The minimum absolute atomic E-state index is 0.0506. The summed E-state index contributed by atoms with van der Waals surface area (Å²) in [6.45, 7) is 0. The molecule has 0 amide bonds. The van der Waals surface area contributed by atoms with Gasteiger partial charge in [-0.25, -0.2) is 14.1 Å². The Bertz CT molecular complexity index is 863. The molecule has 2 aromatic heterocycles. The molecule has 0 atom stereocenters. The third-order valence-electron chi connectivity index (χ3n) is 2.75. The second-order valence-corrected chi connectivity index (χ2v) is 5.47. The highest BCUT2D eigenvalue weighted by atomic mass is 127. The summed E-state index contributed by atoms with van der Waals surface area (Å²) in [6.07, 6.45) is 3.11. The van der Waals surface area contributed by atoms with Gasteiger partial charge < -0.3 is 0 Å². The third-order valence-corrected chi connectivity index (χ3v) is 4.33. The zero-order valence-corrected chi connectivity index (χ0v) is 13.3. The molecule has 0 aliphatic rings. The van der Waals surface area contributed by atoms with Crippen LogP contribution in [0, 0.1) is 9.52 Å². The molecule has 0 saturated carbocycles. The van der Waals surface area contributed by atoms with Gasteiger partial charge in [-0.2, -0.15) is 5.10 Å². The van der Waals surface area contributed by atoms with E-state index in [0.717, 1.165) is 0 Å². The minimum Gasteiger partial charge on any atom is -0.266 e. The van der Waals surface area contributed by atoms with Gasteiger partial charge in [0.25, 0.3) is 0 Å². The molecule has 0 saturated heterocycles. The predicted molar refractivity (Wildman–Crippen MR) is 84.6 cm³/mol. The second-order valence-electron chi connectivity index (χ2n) is 4.09. The van der Waals surface area contributed by atoms with Gasteiger partial charge in [0, 0.05) is 12.4 Å². The Kier molecular flexibility index (Phi) is 3.77. The summed E-state index contributed by atoms with van der Waals surface area (Å²) in [6, 6.07) is 7.37. The van der Waals surface area contributed by atoms with Gasteiger partial charge in [0.15, 0.2) is 5.15 Å². The Morgan fingerprint density at radius 2 is 2.10 bits per heavy atom. The van der Waals surface area contributed by atoms with E-state index in [2.05, 4.69) is 10.1 Å². The van der Waals surface area contributed by atoms with Gasteiger partial charge in [-0.3, -0.25) is 9.36 Å². The Balaban J connectivity index is 2.33. The monoisotopic (exact) mass is 416 g/mol. The molecular formula is C13H7ClFIN4O. The van der Waals surface area contributed by atoms with E-state index in [-0.39, 0.29) is 11.0 Å². The predicted octanol–water partition coefficient (Wildman–Crippen LogP) is 2.82. The van der Waals surface area contributed by atoms with E-state index in [4.69, 9.17) is 11.6 Å². The Morgan fingerprint density at radius 1 is 1.29 bits per heavy atom. The van der Waals surface area contributed by atoms with Crippen LogP contribution in [0.1, 0.15) is 0 Å². The Morgan fingerprint density at radius 3 is 2.76 bits per heavy atom. The lowest BCUT2D eigenvalue weighted by Gasteiger charge is -2.12. The number of rotatable bonds is 2.